The molecule has 6 heteroatoms. The Labute approximate surface area is 103 Å². The number of rotatable bonds is 2. The molecular weight excluding hydrogens is 245 g/mol. The quantitative estimate of drug-likeness (QED) is 0.859. The van der Waals surface area contributed by atoms with Crippen LogP contribution >= 0.6 is 0 Å². The van der Waals surface area contributed by atoms with Gasteiger partial charge in [-0.3, -0.25) is 0 Å². The van der Waals surface area contributed by atoms with Gasteiger partial charge in [-0.25, -0.2) is 4.98 Å². The van der Waals surface area contributed by atoms with E-state index in [2.05, 4.69) is 10.3 Å². The van der Waals surface area contributed by atoms with E-state index in [4.69, 9.17) is 0 Å². The maximum atomic E-state index is 12.5. The highest BCUT2D eigenvalue weighted by Crippen LogP contribution is 2.29. The van der Waals surface area contributed by atoms with Crippen molar-refractivity contribution >= 4 is 5.82 Å². The molecule has 2 rings (SSSR count). The Morgan fingerprint density at radius 1 is 1.22 bits per heavy atom. The van der Waals surface area contributed by atoms with Crippen LogP contribution in [0.4, 0.5) is 19.0 Å². The van der Waals surface area contributed by atoms with Crippen molar-refractivity contribution < 1.29 is 18.3 Å². The topological polar surface area (TPSA) is 45.1 Å². The van der Waals surface area contributed by atoms with Crippen LogP contribution in [0.3, 0.4) is 0 Å². The van der Waals surface area contributed by atoms with Gasteiger partial charge in [-0.1, -0.05) is 18.9 Å². The van der Waals surface area contributed by atoms with Crippen LogP contribution in [0.25, 0.3) is 0 Å². The van der Waals surface area contributed by atoms with Gasteiger partial charge in [0.25, 0.3) is 0 Å². The molecule has 2 atom stereocenters. The lowest BCUT2D eigenvalue weighted by molar-refractivity contribution is -0.141. The Balaban J connectivity index is 2.09. The molecule has 0 saturated heterocycles. The highest BCUT2D eigenvalue weighted by atomic mass is 19.4. The molecular formula is C12H15F3N2O. The van der Waals surface area contributed by atoms with Gasteiger partial charge in [0.15, 0.2) is 0 Å². The molecule has 1 aromatic heterocycles. The molecule has 0 aromatic carbocycles. The summed E-state index contributed by atoms with van der Waals surface area (Å²) in [7, 11) is 0. The number of alkyl halides is 3. The van der Waals surface area contributed by atoms with Gasteiger partial charge in [0.2, 0.25) is 0 Å². The van der Waals surface area contributed by atoms with Crippen molar-refractivity contribution in [3.63, 3.8) is 0 Å². The van der Waals surface area contributed by atoms with E-state index in [9.17, 15) is 18.3 Å². The lowest BCUT2D eigenvalue weighted by Gasteiger charge is -2.28. The van der Waals surface area contributed by atoms with E-state index >= 15 is 0 Å². The normalized spacial score (nSPS) is 24.9. The molecule has 100 valence electrons. The number of anilines is 1. The fourth-order valence-corrected chi connectivity index (χ4v) is 2.14. The SMILES string of the molecule is OC1CCCCC1Nc1cccc(C(F)(F)F)n1. The van der Waals surface area contributed by atoms with Gasteiger partial charge in [-0.05, 0) is 25.0 Å². The molecule has 0 amide bonds. The number of halogens is 3. The largest absolute Gasteiger partial charge is 0.433 e. The van der Waals surface area contributed by atoms with E-state index in [1.165, 1.54) is 12.1 Å². The van der Waals surface area contributed by atoms with Crippen LogP contribution in [0.2, 0.25) is 0 Å². The van der Waals surface area contributed by atoms with Crippen molar-refractivity contribution in [2.24, 2.45) is 0 Å². The van der Waals surface area contributed by atoms with Gasteiger partial charge >= 0.3 is 6.18 Å². The first-order valence-corrected chi connectivity index (χ1v) is 5.95. The van der Waals surface area contributed by atoms with E-state index in [0.29, 0.717) is 6.42 Å². The zero-order valence-corrected chi connectivity index (χ0v) is 9.74. The van der Waals surface area contributed by atoms with Gasteiger partial charge < -0.3 is 10.4 Å². The second-order valence-electron chi connectivity index (χ2n) is 4.51. The van der Waals surface area contributed by atoms with E-state index in [1.54, 1.807) is 0 Å². The van der Waals surface area contributed by atoms with Gasteiger partial charge in [-0.2, -0.15) is 13.2 Å². The van der Waals surface area contributed by atoms with Crippen LogP contribution in [0.15, 0.2) is 18.2 Å². The highest BCUT2D eigenvalue weighted by Gasteiger charge is 2.32. The van der Waals surface area contributed by atoms with Gasteiger partial charge in [0.05, 0.1) is 12.1 Å². The molecule has 18 heavy (non-hydrogen) atoms. The number of hydrogen-bond acceptors (Lipinski definition) is 3. The monoisotopic (exact) mass is 260 g/mol. The van der Waals surface area contributed by atoms with Crippen molar-refractivity contribution in [2.75, 3.05) is 5.32 Å². The first kappa shape index (κ1) is 13.1. The Bertz CT molecular complexity index is 409. The number of aliphatic hydroxyl groups excluding tert-OH is 1. The van der Waals surface area contributed by atoms with Crippen molar-refractivity contribution in [3.05, 3.63) is 23.9 Å². The fraction of sp³-hybridized carbons (Fsp3) is 0.583. The average Bonchev–Trinajstić information content (AvgIpc) is 2.31. The van der Waals surface area contributed by atoms with E-state index in [1.807, 2.05) is 0 Å². The third-order valence-corrected chi connectivity index (χ3v) is 3.10. The molecule has 1 saturated carbocycles. The Hall–Kier alpha value is -1.30. The van der Waals surface area contributed by atoms with Crippen molar-refractivity contribution in [3.8, 4) is 0 Å². The standard InChI is InChI=1S/C12H15F3N2O/c13-12(14,15)10-6-3-7-11(17-10)16-8-4-1-2-5-9(8)18/h3,6-9,18H,1-2,4-5H2,(H,16,17). The molecule has 1 aromatic rings. The first-order chi connectivity index (χ1) is 8.47. The van der Waals surface area contributed by atoms with Crippen molar-refractivity contribution in [1.82, 2.24) is 4.98 Å². The van der Waals surface area contributed by atoms with E-state index in [-0.39, 0.29) is 11.9 Å². The van der Waals surface area contributed by atoms with Crippen molar-refractivity contribution in [2.45, 2.75) is 44.0 Å². The maximum Gasteiger partial charge on any atom is 0.433 e. The summed E-state index contributed by atoms with van der Waals surface area (Å²) in [5.74, 6) is 0.163. The predicted molar refractivity (Wildman–Crippen MR) is 61.1 cm³/mol. The lowest BCUT2D eigenvalue weighted by atomic mass is 9.92. The van der Waals surface area contributed by atoms with Crippen LogP contribution < -0.4 is 5.32 Å². The van der Waals surface area contributed by atoms with Gasteiger partial charge in [0.1, 0.15) is 11.5 Å². The lowest BCUT2D eigenvalue weighted by Crippen LogP contribution is -2.36. The summed E-state index contributed by atoms with van der Waals surface area (Å²) >= 11 is 0. The third-order valence-electron chi connectivity index (χ3n) is 3.10. The molecule has 0 bridgehead atoms. The van der Waals surface area contributed by atoms with Crippen LogP contribution in [0.1, 0.15) is 31.4 Å². The average molecular weight is 260 g/mol. The number of aromatic nitrogens is 1. The number of hydrogen-bond donors (Lipinski definition) is 2. The number of nitrogens with one attached hydrogen (secondary N) is 1. The summed E-state index contributed by atoms with van der Waals surface area (Å²) in [5, 5.41) is 12.6. The van der Waals surface area contributed by atoms with Crippen LogP contribution in [0.5, 0.6) is 0 Å². The number of pyridine rings is 1. The minimum Gasteiger partial charge on any atom is -0.391 e. The Kier molecular flexibility index (Phi) is 3.75. The molecule has 1 aliphatic rings. The molecule has 1 heterocycles. The van der Waals surface area contributed by atoms with E-state index in [0.717, 1.165) is 25.3 Å². The molecule has 1 aliphatic carbocycles. The Morgan fingerprint density at radius 2 is 1.94 bits per heavy atom. The zero-order valence-electron chi connectivity index (χ0n) is 9.74. The van der Waals surface area contributed by atoms with E-state index < -0.39 is 18.0 Å². The Morgan fingerprint density at radius 3 is 2.61 bits per heavy atom. The molecule has 0 radical (unpaired) electrons. The summed E-state index contributed by atoms with van der Waals surface area (Å²) in [6.45, 7) is 0. The van der Waals surface area contributed by atoms with Crippen LogP contribution in [-0.2, 0) is 6.18 Å². The molecule has 2 N–H and O–H groups in total. The number of nitrogens with zero attached hydrogens (tertiary/aromatic N) is 1. The molecule has 0 spiro atoms. The van der Waals surface area contributed by atoms with Crippen LogP contribution in [-0.4, -0.2) is 22.2 Å². The van der Waals surface area contributed by atoms with Crippen molar-refractivity contribution in [1.29, 1.82) is 0 Å². The highest BCUT2D eigenvalue weighted by molar-refractivity contribution is 5.37. The number of aliphatic hydroxyl groups is 1. The minimum atomic E-state index is -4.44. The van der Waals surface area contributed by atoms with Crippen LogP contribution in [0, 0.1) is 0 Å². The zero-order chi connectivity index (χ0) is 13.2. The summed E-state index contributed by atoms with van der Waals surface area (Å²) in [6, 6.07) is 3.52. The van der Waals surface area contributed by atoms with Gasteiger partial charge in [0, 0.05) is 0 Å². The second kappa shape index (κ2) is 5.14. The smallest absolute Gasteiger partial charge is 0.391 e. The third kappa shape index (κ3) is 3.13. The molecule has 0 aliphatic heterocycles. The molecule has 1 fully saturated rings. The first-order valence-electron chi connectivity index (χ1n) is 5.95. The van der Waals surface area contributed by atoms with Gasteiger partial charge in [-0.15, -0.1) is 0 Å². The molecule has 3 nitrogen and oxygen atoms in total. The second-order valence-corrected chi connectivity index (χ2v) is 4.51. The fourth-order valence-electron chi connectivity index (χ4n) is 2.14. The predicted octanol–water partition coefficient (Wildman–Crippen LogP) is 2.82. The summed E-state index contributed by atoms with van der Waals surface area (Å²) in [4.78, 5) is 3.53. The summed E-state index contributed by atoms with van der Waals surface area (Å²) in [5.41, 5.74) is -0.919. The maximum absolute atomic E-state index is 12.5. The summed E-state index contributed by atoms with van der Waals surface area (Å²) in [6.07, 6.45) is -1.61. The summed E-state index contributed by atoms with van der Waals surface area (Å²) < 4.78 is 37.5. The minimum absolute atomic E-state index is 0.163. The molecule has 2 unspecified atom stereocenters.